The second kappa shape index (κ2) is 16.9. The fourth-order valence-corrected chi connectivity index (χ4v) is 10.6. The number of hydrogen-bond donors (Lipinski definition) is 0. The Morgan fingerprint density at radius 3 is 1.81 bits per heavy atom. The predicted molar refractivity (Wildman–Crippen MR) is 287 cm³/mol. The number of hydrogen-bond acceptors (Lipinski definition) is 2. The Kier molecular flexibility index (Phi) is 11.9. The van der Waals surface area contributed by atoms with E-state index in [1.807, 2.05) is 6.20 Å². The summed E-state index contributed by atoms with van der Waals surface area (Å²) in [6.45, 7) is 36.8. The molecule has 69 heavy (non-hydrogen) atoms. The molecule has 2 aliphatic heterocycles. The largest absolute Gasteiger partial charge is 0.509 e. The van der Waals surface area contributed by atoms with E-state index in [2.05, 4.69) is 242 Å². The summed E-state index contributed by atoms with van der Waals surface area (Å²) in [6.07, 6.45) is 1.98. The molecule has 0 bridgehead atoms. The Morgan fingerprint density at radius 2 is 1.19 bits per heavy atom. The van der Waals surface area contributed by atoms with Gasteiger partial charge in [0.05, 0.1) is 5.69 Å². The average Bonchev–Trinajstić information content (AvgIpc) is 3.78. The van der Waals surface area contributed by atoms with Crippen molar-refractivity contribution in [3.63, 3.8) is 0 Å². The van der Waals surface area contributed by atoms with Gasteiger partial charge in [0.25, 0.3) is 0 Å². The molecular formula is C63H69N4OPt-. The van der Waals surface area contributed by atoms with E-state index in [0.717, 1.165) is 33.3 Å². The first-order chi connectivity index (χ1) is 32.0. The van der Waals surface area contributed by atoms with Crippen molar-refractivity contribution >= 4 is 44.6 Å². The molecule has 358 valence electrons. The molecule has 10 rings (SSSR count). The summed E-state index contributed by atoms with van der Waals surface area (Å²) in [5, 5.41) is 2.27. The van der Waals surface area contributed by atoms with Crippen molar-refractivity contribution in [2.24, 2.45) is 0 Å². The number of quaternary nitrogens is 2. The summed E-state index contributed by atoms with van der Waals surface area (Å²) in [5.74, 6) is 3.32. The van der Waals surface area contributed by atoms with Crippen molar-refractivity contribution < 1.29 is 25.8 Å². The molecule has 0 spiro atoms. The summed E-state index contributed by atoms with van der Waals surface area (Å²) in [7, 11) is 0. The SMILES string of the molecule is CC(C)c1cc(C(C)C)c(-c2ccnc(-n3c4[c-]c(Oc5[c-]c([N+]67[CH-][N@+]6(c6cccc(C(C)(C)C)c6)c6ccccc67)cc(C(C)(C)C)c5)ccc4c4ccc(C(C)(C)C)cc43)c2)c(C(C)C)c1.[Pt]. The molecular weight excluding hydrogens is 1020 g/mol. The second-order valence-corrected chi connectivity index (χ2v) is 23.6. The fourth-order valence-electron chi connectivity index (χ4n) is 10.6. The summed E-state index contributed by atoms with van der Waals surface area (Å²) < 4.78 is 10.5. The smallest absolute Gasteiger partial charge is 0.225 e. The van der Waals surface area contributed by atoms with Gasteiger partial charge in [-0.3, -0.25) is 0 Å². The molecule has 5 nitrogen and oxygen atoms in total. The van der Waals surface area contributed by atoms with Crippen molar-refractivity contribution in [2.45, 2.75) is 138 Å². The van der Waals surface area contributed by atoms with Crippen LogP contribution in [0.1, 0.15) is 155 Å². The summed E-state index contributed by atoms with van der Waals surface area (Å²) >= 11 is 0. The topological polar surface area (TPSA) is 27.1 Å². The van der Waals surface area contributed by atoms with Crippen LogP contribution in [0.3, 0.4) is 0 Å². The van der Waals surface area contributed by atoms with Gasteiger partial charge in [-0.25, -0.2) is 9.58 Å². The van der Waals surface area contributed by atoms with E-state index in [4.69, 9.17) is 9.72 Å². The Labute approximate surface area is 426 Å². The maximum absolute atomic E-state index is 7.03. The molecule has 6 aromatic carbocycles. The summed E-state index contributed by atoms with van der Waals surface area (Å²) in [5.41, 5.74) is 17.2. The number of nitrogens with zero attached hydrogens (tertiary/aromatic N) is 4. The Morgan fingerprint density at radius 1 is 0.565 bits per heavy atom. The Bertz CT molecular complexity index is 3270. The Balaban J connectivity index is 0.00000593. The van der Waals surface area contributed by atoms with E-state index < -0.39 is 0 Å². The normalized spacial score (nSPS) is 17.8. The minimum Gasteiger partial charge on any atom is -0.509 e. The molecule has 0 amide bonds. The molecule has 0 radical (unpaired) electrons. The number of rotatable bonds is 9. The van der Waals surface area contributed by atoms with Crippen LogP contribution in [0.4, 0.5) is 22.7 Å². The van der Waals surface area contributed by atoms with Crippen molar-refractivity contribution in [2.75, 3.05) is 0 Å². The van der Waals surface area contributed by atoms with Gasteiger partial charge in [0.2, 0.25) is 11.4 Å². The third kappa shape index (κ3) is 7.92. The van der Waals surface area contributed by atoms with Crippen LogP contribution < -0.4 is 13.9 Å². The summed E-state index contributed by atoms with van der Waals surface area (Å²) in [6, 6.07) is 50.7. The molecule has 4 heterocycles. The number of aromatic nitrogens is 2. The van der Waals surface area contributed by atoms with Crippen LogP contribution >= 0.6 is 0 Å². The molecule has 1 fully saturated rings. The second-order valence-electron chi connectivity index (χ2n) is 23.6. The van der Waals surface area contributed by atoms with Gasteiger partial charge < -0.3 is 9.30 Å². The molecule has 1 unspecified atom stereocenters. The van der Waals surface area contributed by atoms with E-state index in [1.54, 1.807) is 0 Å². The van der Waals surface area contributed by atoms with Gasteiger partial charge in [-0.1, -0.05) is 164 Å². The van der Waals surface area contributed by atoms with Crippen molar-refractivity contribution in [1.82, 2.24) is 18.7 Å². The van der Waals surface area contributed by atoms with Gasteiger partial charge in [0, 0.05) is 68.5 Å². The van der Waals surface area contributed by atoms with Crippen LogP contribution in [0, 0.1) is 18.8 Å². The van der Waals surface area contributed by atoms with Crippen LogP contribution in [-0.2, 0) is 37.3 Å². The predicted octanol–water partition coefficient (Wildman–Crippen LogP) is 17.8. The fraction of sp³-hybridized carbons (Fsp3) is 0.333. The van der Waals surface area contributed by atoms with E-state index >= 15 is 0 Å². The minimum absolute atomic E-state index is 0. The molecule has 2 aliphatic rings. The molecule has 0 N–H and O–H groups in total. The third-order valence-corrected chi connectivity index (χ3v) is 14.7. The van der Waals surface area contributed by atoms with Crippen LogP contribution in [0.5, 0.6) is 11.5 Å². The van der Waals surface area contributed by atoms with Gasteiger partial charge in [-0.05, 0) is 96.5 Å². The Hall–Kier alpha value is -5.32. The molecule has 6 heteroatoms. The maximum Gasteiger partial charge on any atom is 0.225 e. The zero-order valence-corrected chi connectivity index (χ0v) is 45.6. The van der Waals surface area contributed by atoms with Crippen molar-refractivity contribution in [1.29, 1.82) is 0 Å². The van der Waals surface area contributed by atoms with Gasteiger partial charge in [-0.2, -0.15) is 10.7 Å². The van der Waals surface area contributed by atoms with Crippen LogP contribution in [0.2, 0.25) is 0 Å². The quantitative estimate of drug-likeness (QED) is 0.0818. The van der Waals surface area contributed by atoms with E-state index in [-0.39, 0.29) is 37.3 Å². The van der Waals surface area contributed by atoms with Crippen LogP contribution in [0.15, 0.2) is 121 Å². The maximum atomic E-state index is 7.03. The third-order valence-electron chi connectivity index (χ3n) is 14.7. The first-order valence-corrected chi connectivity index (χ1v) is 24.8. The van der Waals surface area contributed by atoms with Gasteiger partial charge in [-0.15, -0.1) is 35.2 Å². The number of ether oxygens (including phenoxy) is 1. The molecule has 2 aromatic heterocycles. The minimum atomic E-state index is -0.149. The molecule has 8 aromatic rings. The first kappa shape index (κ1) is 48.7. The molecule has 2 atom stereocenters. The number of benzene rings is 6. The molecule has 0 saturated carbocycles. The summed E-state index contributed by atoms with van der Waals surface area (Å²) in [4.78, 5) is 5.16. The zero-order chi connectivity index (χ0) is 48.5. The average molecular weight is 1090 g/mol. The van der Waals surface area contributed by atoms with E-state index in [1.165, 1.54) is 61.6 Å². The van der Waals surface area contributed by atoms with Gasteiger partial charge >= 0.3 is 0 Å². The standard InChI is InChI=1S/C63H69N4O.Pt/c1-39(2)43-29-53(40(3)4)60(54(30-43)41(5)6)42-27-28-64-59(31-42)65-55-35-45(62(10,11)12)23-25-51(55)52-26-24-49(37-56(52)65)68-50-34-46(63(13,14)15)33-48(36-50)67-38-66(67,57-21-16-17-22-58(57)67)47-20-18-19-44(32-47)61(7,8)9;/h16-35,38-41H,1-15H3;/q-1;/t66-,67?;/m0./s1. The monoisotopic (exact) mass is 1090 g/mol. The molecule has 0 aliphatic carbocycles. The zero-order valence-electron chi connectivity index (χ0n) is 43.4. The number of para-hydroxylation sites is 2. The van der Waals surface area contributed by atoms with E-state index in [9.17, 15) is 0 Å². The number of pyridine rings is 1. The van der Waals surface area contributed by atoms with Crippen molar-refractivity contribution in [3.8, 4) is 28.4 Å². The van der Waals surface area contributed by atoms with Crippen LogP contribution in [-0.4, -0.2) is 9.55 Å². The molecule has 1 saturated heterocycles. The number of fused-ring (bicyclic) bond motifs is 7. The van der Waals surface area contributed by atoms with Crippen molar-refractivity contribution in [3.05, 3.63) is 174 Å². The van der Waals surface area contributed by atoms with E-state index in [0.29, 0.717) is 38.4 Å². The van der Waals surface area contributed by atoms with Crippen LogP contribution in [0.25, 0.3) is 38.8 Å². The van der Waals surface area contributed by atoms with Gasteiger partial charge in [0.1, 0.15) is 5.82 Å². The first-order valence-electron chi connectivity index (χ1n) is 24.8. The van der Waals surface area contributed by atoms with Gasteiger partial charge in [0.15, 0.2) is 12.4 Å².